The summed E-state index contributed by atoms with van der Waals surface area (Å²) in [5.74, 6) is -1.11. The minimum absolute atomic E-state index is 0.0255. The molecule has 0 aromatic heterocycles. The minimum Gasteiger partial charge on any atom is -0.480 e. The van der Waals surface area contributed by atoms with Crippen molar-refractivity contribution in [3.05, 3.63) is 0 Å². The molecule has 12 heteroatoms. The van der Waals surface area contributed by atoms with E-state index in [1.807, 2.05) is 0 Å². The van der Waals surface area contributed by atoms with Gasteiger partial charge in [-0.2, -0.15) is 0 Å². The van der Waals surface area contributed by atoms with E-state index in [-0.39, 0.29) is 12.1 Å². The molecule has 0 aliphatic heterocycles. The lowest BCUT2D eigenvalue weighted by atomic mass is 10.0. The van der Waals surface area contributed by atoms with Gasteiger partial charge in [-0.1, -0.05) is 84.5 Å². The Labute approximate surface area is 205 Å². The van der Waals surface area contributed by atoms with Crippen LogP contribution in [0.25, 0.3) is 0 Å². The summed E-state index contributed by atoms with van der Waals surface area (Å²) in [6.45, 7) is 4.97. The first-order valence-electron chi connectivity index (χ1n) is 12.4. The average Bonchev–Trinajstić information content (AvgIpc) is 2.72. The Morgan fingerprint density at radius 3 is 1.62 bits per heavy atom. The fourth-order valence-electron chi connectivity index (χ4n) is 2.96. The lowest BCUT2D eigenvalue weighted by Gasteiger charge is -2.09. The van der Waals surface area contributed by atoms with Crippen LogP contribution >= 0.6 is 7.82 Å². The quantitative estimate of drug-likeness (QED) is 0.0562. The molecule has 0 aromatic rings. The lowest BCUT2D eigenvalue weighted by molar-refractivity contribution is -0.138. The molecule has 0 radical (unpaired) electrons. The number of carboxylic acid groups (broad SMARTS) is 1. The number of nitrogens with one attached hydrogen (secondary N) is 2. The highest BCUT2D eigenvalue weighted by molar-refractivity contribution is 7.45. The summed E-state index contributed by atoms with van der Waals surface area (Å²) in [5, 5.41) is 27.5. The normalized spacial score (nSPS) is 12.4. The van der Waals surface area contributed by atoms with Crippen LogP contribution in [0.1, 0.15) is 110 Å². The largest absolute Gasteiger partial charge is 0.480 e. The van der Waals surface area contributed by atoms with Crippen LogP contribution in [0.2, 0.25) is 0 Å². The third-order valence-electron chi connectivity index (χ3n) is 4.86. The number of aliphatic hydroxyl groups is 1. The van der Waals surface area contributed by atoms with Crippen molar-refractivity contribution >= 4 is 19.8 Å². The molecule has 0 saturated heterocycles. The van der Waals surface area contributed by atoms with Gasteiger partial charge in [-0.15, -0.1) is 0 Å². The first-order chi connectivity index (χ1) is 15.8. The predicted molar refractivity (Wildman–Crippen MR) is 136 cm³/mol. The zero-order valence-corrected chi connectivity index (χ0v) is 22.0. The topological polar surface area (TPSA) is 223 Å². The Bertz CT molecular complexity index is 513. The summed E-state index contributed by atoms with van der Waals surface area (Å²) in [5.41, 5.74) is 10.2. The number of hydrogen-bond acceptors (Lipinski definition) is 5. The van der Waals surface area contributed by atoms with Gasteiger partial charge in [-0.05, 0) is 25.7 Å². The van der Waals surface area contributed by atoms with Crippen molar-refractivity contribution in [1.29, 1.82) is 5.41 Å². The molecule has 2 atom stereocenters. The van der Waals surface area contributed by atoms with Crippen LogP contribution in [0.5, 0.6) is 0 Å². The number of rotatable bonds is 18. The molecule has 0 bridgehead atoms. The van der Waals surface area contributed by atoms with E-state index in [1.54, 1.807) is 0 Å². The first kappa shape index (κ1) is 37.3. The first-order valence-corrected chi connectivity index (χ1v) is 13.9. The maximum atomic E-state index is 10.2. The molecule has 206 valence electrons. The SMILES string of the molecule is CCCCCCCCCC(O)CCCCCC.N=C(N)NCCCC(N)C(=O)O.O=P(O)(O)O. The van der Waals surface area contributed by atoms with Gasteiger partial charge in [0.15, 0.2) is 5.96 Å². The van der Waals surface area contributed by atoms with Gasteiger partial charge in [-0.25, -0.2) is 4.57 Å². The molecule has 0 spiro atoms. The Kier molecular flexibility index (Phi) is 29.0. The van der Waals surface area contributed by atoms with Crippen molar-refractivity contribution in [3.8, 4) is 0 Å². The van der Waals surface area contributed by atoms with Gasteiger partial charge in [-0.3, -0.25) is 10.2 Å². The summed E-state index contributed by atoms with van der Waals surface area (Å²) in [6, 6.07) is -0.821. The Balaban J connectivity index is -0.000000490. The molecule has 11 N–H and O–H groups in total. The van der Waals surface area contributed by atoms with Gasteiger partial charge in [0.2, 0.25) is 0 Å². The maximum Gasteiger partial charge on any atom is 0.466 e. The summed E-state index contributed by atoms with van der Waals surface area (Å²) in [4.78, 5) is 31.8. The number of phosphoric acid groups is 1. The van der Waals surface area contributed by atoms with E-state index in [2.05, 4.69) is 19.2 Å². The Morgan fingerprint density at radius 1 is 0.853 bits per heavy atom. The molecule has 0 fully saturated rings. The molecule has 0 aromatic carbocycles. The zero-order chi connectivity index (χ0) is 26.8. The van der Waals surface area contributed by atoms with E-state index in [9.17, 15) is 9.90 Å². The molecular formula is C22H51N4O7P. The summed E-state index contributed by atoms with van der Waals surface area (Å²) in [7, 11) is -4.64. The second kappa shape index (κ2) is 26.4. The number of nitrogens with two attached hydrogens (primary N) is 2. The van der Waals surface area contributed by atoms with E-state index < -0.39 is 19.8 Å². The van der Waals surface area contributed by atoms with Crippen LogP contribution in [0, 0.1) is 5.41 Å². The molecule has 0 aliphatic carbocycles. The van der Waals surface area contributed by atoms with Crippen LogP contribution in [-0.4, -0.2) is 55.5 Å². The van der Waals surface area contributed by atoms with Gasteiger partial charge in [0.1, 0.15) is 6.04 Å². The molecule has 2 unspecified atom stereocenters. The van der Waals surface area contributed by atoms with Gasteiger partial charge in [0.05, 0.1) is 6.10 Å². The number of unbranched alkanes of at least 4 members (excludes halogenated alkanes) is 9. The smallest absolute Gasteiger partial charge is 0.466 e. The van der Waals surface area contributed by atoms with Crippen molar-refractivity contribution in [2.24, 2.45) is 11.5 Å². The second-order valence-electron chi connectivity index (χ2n) is 8.35. The van der Waals surface area contributed by atoms with Crippen molar-refractivity contribution in [2.45, 2.75) is 122 Å². The van der Waals surface area contributed by atoms with Gasteiger partial charge < -0.3 is 41.7 Å². The van der Waals surface area contributed by atoms with Crippen LogP contribution < -0.4 is 16.8 Å². The molecule has 0 saturated carbocycles. The summed E-state index contributed by atoms with van der Waals surface area (Å²) >= 11 is 0. The van der Waals surface area contributed by atoms with Gasteiger partial charge in [0, 0.05) is 6.54 Å². The monoisotopic (exact) mass is 514 g/mol. The number of guanidine groups is 1. The van der Waals surface area contributed by atoms with E-state index >= 15 is 0 Å². The van der Waals surface area contributed by atoms with Crippen LogP contribution in [-0.2, 0) is 9.36 Å². The third kappa shape index (κ3) is 44.4. The molecular weight excluding hydrogens is 463 g/mol. The number of aliphatic carboxylic acids is 1. The van der Waals surface area contributed by atoms with Crippen LogP contribution in [0.15, 0.2) is 0 Å². The highest BCUT2D eigenvalue weighted by Crippen LogP contribution is 2.25. The summed E-state index contributed by atoms with van der Waals surface area (Å²) < 4.78 is 8.88. The van der Waals surface area contributed by atoms with E-state index in [0.717, 1.165) is 12.8 Å². The highest BCUT2D eigenvalue weighted by atomic mass is 31.2. The Hall–Kier alpha value is -1.23. The highest BCUT2D eigenvalue weighted by Gasteiger charge is 2.09. The zero-order valence-electron chi connectivity index (χ0n) is 21.1. The van der Waals surface area contributed by atoms with E-state index in [0.29, 0.717) is 19.4 Å². The number of carbonyl (C=O) groups is 1. The van der Waals surface area contributed by atoms with Crippen molar-refractivity contribution < 1.29 is 34.3 Å². The molecule has 11 nitrogen and oxygen atoms in total. The number of carboxylic acids is 1. The fraction of sp³-hybridized carbons (Fsp3) is 0.909. The third-order valence-corrected chi connectivity index (χ3v) is 4.86. The minimum atomic E-state index is -4.64. The molecule has 34 heavy (non-hydrogen) atoms. The predicted octanol–water partition coefficient (Wildman–Crippen LogP) is 3.19. The molecule has 0 heterocycles. The van der Waals surface area contributed by atoms with Crippen molar-refractivity contribution in [3.63, 3.8) is 0 Å². The van der Waals surface area contributed by atoms with Gasteiger partial charge >= 0.3 is 13.8 Å². The second-order valence-corrected chi connectivity index (χ2v) is 9.38. The fourth-order valence-corrected chi connectivity index (χ4v) is 2.96. The van der Waals surface area contributed by atoms with E-state index in [1.165, 1.54) is 70.6 Å². The number of hydrogen-bond donors (Lipinski definition) is 9. The average molecular weight is 515 g/mol. The van der Waals surface area contributed by atoms with Crippen LogP contribution in [0.4, 0.5) is 0 Å². The summed E-state index contributed by atoms with van der Waals surface area (Å²) in [6.07, 6.45) is 17.5. The van der Waals surface area contributed by atoms with E-state index in [4.69, 9.17) is 41.2 Å². The van der Waals surface area contributed by atoms with Crippen LogP contribution in [0.3, 0.4) is 0 Å². The number of aliphatic hydroxyl groups excluding tert-OH is 1. The van der Waals surface area contributed by atoms with Crippen molar-refractivity contribution in [1.82, 2.24) is 5.32 Å². The maximum absolute atomic E-state index is 10.2. The lowest BCUT2D eigenvalue weighted by Crippen LogP contribution is -2.34. The standard InChI is InChI=1S/C16H34O.C6H14N4O2.H3O4P/c1-3-5-7-9-10-11-13-15-16(17)14-12-8-6-4-2;7-4(5(11)12)2-1-3-10-6(8)9;1-5(2,3)4/h16-17H,3-15H2,1-2H3;4H,1-3,7H2,(H,11,12)(H4,8,9,10);(H3,1,2,3,4). The molecule has 0 aliphatic rings. The van der Waals surface area contributed by atoms with Crippen molar-refractivity contribution in [2.75, 3.05) is 6.54 Å². The molecule has 0 amide bonds. The Morgan fingerprint density at radius 2 is 1.24 bits per heavy atom. The van der Waals surface area contributed by atoms with Gasteiger partial charge in [0.25, 0.3) is 0 Å². The molecule has 0 rings (SSSR count).